The number of carbonyl (C=O) groups is 1. The largest absolute Gasteiger partial charge is 0.390 e. The molecule has 9 heavy (non-hydrogen) atoms. The van der Waals surface area contributed by atoms with E-state index >= 15 is 0 Å². The number of ketones is 1. The van der Waals surface area contributed by atoms with Crippen LogP contribution < -0.4 is 0 Å². The Morgan fingerprint density at radius 1 is 1.44 bits per heavy atom. The van der Waals surface area contributed by atoms with Gasteiger partial charge in [-0.05, 0) is 12.8 Å². The summed E-state index contributed by atoms with van der Waals surface area (Å²) in [5.74, 6) is -0.228. The fourth-order valence-electron chi connectivity index (χ4n) is 1.01. The number of hydrogen-bond donors (Lipinski definition) is 2. The topological polar surface area (TPSA) is 57.5 Å². The summed E-state index contributed by atoms with van der Waals surface area (Å²) >= 11 is 0. The molecule has 0 radical (unpaired) electrons. The van der Waals surface area contributed by atoms with Gasteiger partial charge in [0.1, 0.15) is 6.10 Å². The molecular weight excluding hydrogens is 120 g/mol. The molecule has 3 heteroatoms. The van der Waals surface area contributed by atoms with Crippen molar-refractivity contribution in [2.75, 3.05) is 0 Å². The van der Waals surface area contributed by atoms with Crippen LogP contribution in [0.25, 0.3) is 0 Å². The van der Waals surface area contributed by atoms with Crippen LogP contribution in [0.15, 0.2) is 0 Å². The summed E-state index contributed by atoms with van der Waals surface area (Å²) < 4.78 is 0. The van der Waals surface area contributed by atoms with Gasteiger partial charge in [0.25, 0.3) is 0 Å². The zero-order chi connectivity index (χ0) is 6.85. The van der Waals surface area contributed by atoms with Crippen LogP contribution in [0.1, 0.15) is 19.3 Å². The Morgan fingerprint density at radius 2 is 2.11 bits per heavy atom. The SMILES string of the molecule is O=C1CCCC(O)C1O. The van der Waals surface area contributed by atoms with E-state index in [0.29, 0.717) is 19.3 Å². The highest BCUT2D eigenvalue weighted by atomic mass is 16.3. The lowest BCUT2D eigenvalue weighted by Gasteiger charge is -2.20. The molecule has 2 atom stereocenters. The third-order valence-electron chi connectivity index (χ3n) is 1.62. The van der Waals surface area contributed by atoms with E-state index in [1.54, 1.807) is 0 Å². The van der Waals surface area contributed by atoms with Crippen LogP contribution in [0.5, 0.6) is 0 Å². The fraction of sp³-hybridized carbons (Fsp3) is 0.833. The van der Waals surface area contributed by atoms with Crippen LogP contribution in [0, 0.1) is 0 Å². The summed E-state index contributed by atoms with van der Waals surface area (Å²) in [6, 6.07) is 0. The fourth-order valence-corrected chi connectivity index (χ4v) is 1.01. The standard InChI is InChI=1S/C6H10O3/c7-4-2-1-3-5(8)6(4)9/h4,6-7,9H,1-3H2. The second kappa shape index (κ2) is 2.45. The summed E-state index contributed by atoms with van der Waals surface area (Å²) in [6.07, 6.45) is -0.257. The summed E-state index contributed by atoms with van der Waals surface area (Å²) in [6.45, 7) is 0. The van der Waals surface area contributed by atoms with Crippen LogP contribution in [-0.2, 0) is 4.79 Å². The lowest BCUT2D eigenvalue weighted by molar-refractivity contribution is -0.136. The molecular formula is C6H10O3. The van der Waals surface area contributed by atoms with Crippen LogP contribution in [-0.4, -0.2) is 28.2 Å². The number of aliphatic hydroxyl groups is 2. The maximum absolute atomic E-state index is 10.6. The molecule has 0 aliphatic heterocycles. The van der Waals surface area contributed by atoms with Gasteiger partial charge in [0, 0.05) is 6.42 Å². The van der Waals surface area contributed by atoms with Gasteiger partial charge in [-0.3, -0.25) is 4.79 Å². The first-order valence-electron chi connectivity index (χ1n) is 3.10. The minimum absolute atomic E-state index is 0.228. The number of hydrogen-bond acceptors (Lipinski definition) is 3. The molecule has 0 aromatic rings. The number of Topliss-reactive ketones (excluding diaryl/α,β-unsaturated/α-hetero) is 1. The molecule has 0 amide bonds. The molecule has 1 rings (SSSR count). The van der Waals surface area contributed by atoms with E-state index < -0.39 is 12.2 Å². The average molecular weight is 130 g/mol. The Bertz CT molecular complexity index is 121. The molecule has 0 heterocycles. The molecule has 0 spiro atoms. The van der Waals surface area contributed by atoms with Gasteiger partial charge in [0.15, 0.2) is 5.78 Å². The van der Waals surface area contributed by atoms with Gasteiger partial charge < -0.3 is 10.2 Å². The Hall–Kier alpha value is -0.410. The van der Waals surface area contributed by atoms with Crippen molar-refractivity contribution in [2.24, 2.45) is 0 Å². The minimum Gasteiger partial charge on any atom is -0.390 e. The molecule has 1 saturated carbocycles. The number of rotatable bonds is 0. The number of aliphatic hydroxyl groups excluding tert-OH is 2. The van der Waals surface area contributed by atoms with Crippen LogP contribution in [0.4, 0.5) is 0 Å². The van der Waals surface area contributed by atoms with Crippen LogP contribution in [0.2, 0.25) is 0 Å². The van der Waals surface area contributed by atoms with Crippen molar-refractivity contribution in [3.05, 3.63) is 0 Å². The Kier molecular flexibility index (Phi) is 1.83. The van der Waals surface area contributed by atoms with Crippen LogP contribution in [0.3, 0.4) is 0 Å². The highest BCUT2D eigenvalue weighted by molar-refractivity contribution is 5.84. The molecule has 52 valence electrons. The van der Waals surface area contributed by atoms with E-state index in [4.69, 9.17) is 10.2 Å². The summed E-state index contributed by atoms with van der Waals surface area (Å²) in [7, 11) is 0. The first kappa shape index (κ1) is 6.71. The zero-order valence-electron chi connectivity index (χ0n) is 5.08. The van der Waals surface area contributed by atoms with Crippen molar-refractivity contribution in [1.82, 2.24) is 0 Å². The van der Waals surface area contributed by atoms with Crippen molar-refractivity contribution in [3.63, 3.8) is 0 Å². The molecule has 1 aliphatic rings. The van der Waals surface area contributed by atoms with Crippen LogP contribution >= 0.6 is 0 Å². The van der Waals surface area contributed by atoms with Gasteiger partial charge in [-0.25, -0.2) is 0 Å². The first-order valence-corrected chi connectivity index (χ1v) is 3.10. The summed E-state index contributed by atoms with van der Waals surface area (Å²) in [5.41, 5.74) is 0. The van der Waals surface area contributed by atoms with Crippen molar-refractivity contribution < 1.29 is 15.0 Å². The van der Waals surface area contributed by atoms with E-state index in [9.17, 15) is 4.79 Å². The Balaban J connectivity index is 2.51. The third kappa shape index (κ3) is 1.28. The predicted molar refractivity (Wildman–Crippen MR) is 30.9 cm³/mol. The second-order valence-electron chi connectivity index (χ2n) is 2.37. The second-order valence-corrected chi connectivity index (χ2v) is 2.37. The van der Waals surface area contributed by atoms with Gasteiger partial charge >= 0.3 is 0 Å². The minimum atomic E-state index is -1.11. The molecule has 0 saturated heterocycles. The Labute approximate surface area is 53.3 Å². The molecule has 2 unspecified atom stereocenters. The van der Waals surface area contributed by atoms with Gasteiger partial charge in [-0.1, -0.05) is 0 Å². The molecule has 0 bridgehead atoms. The first-order chi connectivity index (χ1) is 4.22. The monoisotopic (exact) mass is 130 g/mol. The van der Waals surface area contributed by atoms with E-state index in [1.165, 1.54) is 0 Å². The van der Waals surface area contributed by atoms with E-state index in [-0.39, 0.29) is 5.78 Å². The lowest BCUT2D eigenvalue weighted by Crippen LogP contribution is -2.37. The highest BCUT2D eigenvalue weighted by Crippen LogP contribution is 2.14. The molecule has 1 fully saturated rings. The van der Waals surface area contributed by atoms with E-state index in [2.05, 4.69) is 0 Å². The zero-order valence-corrected chi connectivity index (χ0v) is 5.08. The molecule has 0 aromatic carbocycles. The van der Waals surface area contributed by atoms with Gasteiger partial charge in [-0.2, -0.15) is 0 Å². The van der Waals surface area contributed by atoms with Gasteiger partial charge in [-0.15, -0.1) is 0 Å². The van der Waals surface area contributed by atoms with Crippen molar-refractivity contribution in [3.8, 4) is 0 Å². The van der Waals surface area contributed by atoms with E-state index in [1.807, 2.05) is 0 Å². The van der Waals surface area contributed by atoms with Crippen molar-refractivity contribution >= 4 is 5.78 Å². The van der Waals surface area contributed by atoms with Crippen molar-refractivity contribution in [1.29, 1.82) is 0 Å². The molecule has 3 nitrogen and oxygen atoms in total. The smallest absolute Gasteiger partial charge is 0.163 e. The third-order valence-corrected chi connectivity index (χ3v) is 1.62. The molecule has 2 N–H and O–H groups in total. The normalized spacial score (nSPS) is 36.9. The summed E-state index contributed by atoms with van der Waals surface area (Å²) in [4.78, 5) is 10.6. The van der Waals surface area contributed by atoms with E-state index in [0.717, 1.165) is 0 Å². The summed E-state index contributed by atoms with van der Waals surface area (Å²) in [5, 5.41) is 17.7. The maximum Gasteiger partial charge on any atom is 0.163 e. The quantitative estimate of drug-likeness (QED) is 0.463. The van der Waals surface area contributed by atoms with Gasteiger partial charge in [0.2, 0.25) is 0 Å². The van der Waals surface area contributed by atoms with Gasteiger partial charge in [0.05, 0.1) is 6.10 Å². The highest BCUT2D eigenvalue weighted by Gasteiger charge is 2.27. The average Bonchev–Trinajstić information content (AvgIpc) is 1.83. The molecule has 1 aliphatic carbocycles. The maximum atomic E-state index is 10.6. The number of carbonyl (C=O) groups excluding carboxylic acids is 1. The predicted octanol–water partition coefficient (Wildman–Crippen LogP) is -0.539. The Morgan fingerprint density at radius 3 is 2.56 bits per heavy atom. The lowest BCUT2D eigenvalue weighted by atomic mass is 9.94. The molecule has 0 aromatic heterocycles. The van der Waals surface area contributed by atoms with Crippen molar-refractivity contribution in [2.45, 2.75) is 31.5 Å².